The molecule has 2 aromatic heterocycles. The first-order chi connectivity index (χ1) is 11.7. The third-order valence-corrected chi connectivity index (χ3v) is 4.28. The second-order valence-corrected chi connectivity index (χ2v) is 7.65. The van der Waals surface area contributed by atoms with E-state index < -0.39 is 17.9 Å². The fourth-order valence-electron chi connectivity index (χ4n) is 2.88. The lowest BCUT2D eigenvalue weighted by Gasteiger charge is -2.35. The summed E-state index contributed by atoms with van der Waals surface area (Å²) in [6, 6.07) is 1.62. The minimum atomic E-state index is -1.14. The predicted molar refractivity (Wildman–Crippen MR) is 91.1 cm³/mol. The molecule has 1 saturated heterocycles. The highest BCUT2D eigenvalue weighted by molar-refractivity contribution is 6.29. The van der Waals surface area contributed by atoms with Gasteiger partial charge >= 0.3 is 6.09 Å². The summed E-state index contributed by atoms with van der Waals surface area (Å²) >= 11 is 5.80. The highest BCUT2D eigenvalue weighted by Crippen LogP contribution is 2.25. The quantitative estimate of drug-likeness (QED) is 0.813. The summed E-state index contributed by atoms with van der Waals surface area (Å²) in [7, 11) is 0. The number of imidazole rings is 1. The Bertz CT molecular complexity index is 775. The van der Waals surface area contributed by atoms with Crippen LogP contribution in [0.15, 0.2) is 12.4 Å². The number of amides is 1. The van der Waals surface area contributed by atoms with Gasteiger partial charge in [0.15, 0.2) is 10.8 Å². The molecule has 2 aromatic rings. The predicted octanol–water partition coefficient (Wildman–Crippen LogP) is 3.07. The molecule has 7 nitrogen and oxygen atoms in total. The van der Waals surface area contributed by atoms with E-state index in [0.717, 1.165) is 0 Å². The van der Waals surface area contributed by atoms with Gasteiger partial charge in [-0.15, -0.1) is 10.2 Å². The fraction of sp³-hybridized carbons (Fsp3) is 0.625. The summed E-state index contributed by atoms with van der Waals surface area (Å²) in [6.45, 7) is 6.30. The number of ether oxygens (including phenoxy) is 1. The molecule has 3 heterocycles. The number of piperidine rings is 1. The van der Waals surface area contributed by atoms with Gasteiger partial charge in [-0.05, 0) is 27.2 Å². The molecule has 0 aromatic carbocycles. The molecule has 3 rings (SSSR count). The summed E-state index contributed by atoms with van der Waals surface area (Å²) in [6.07, 6.45) is 0.546. The van der Waals surface area contributed by atoms with Crippen molar-refractivity contribution >= 4 is 28.9 Å². The summed E-state index contributed by atoms with van der Waals surface area (Å²) in [4.78, 5) is 17.7. The number of hydrogen-bond acceptors (Lipinski definition) is 5. The van der Waals surface area contributed by atoms with Gasteiger partial charge in [-0.2, -0.15) is 0 Å². The van der Waals surface area contributed by atoms with E-state index >= 15 is 0 Å². The van der Waals surface area contributed by atoms with Crippen LogP contribution in [0.5, 0.6) is 0 Å². The number of likely N-dealkylation sites (tertiary alicyclic amines) is 1. The molecule has 1 aliphatic heterocycles. The first-order valence-electron chi connectivity index (χ1n) is 8.19. The third kappa shape index (κ3) is 4.18. The number of alkyl halides is 1. The van der Waals surface area contributed by atoms with E-state index in [1.165, 1.54) is 4.90 Å². The van der Waals surface area contributed by atoms with Crippen LogP contribution in [0.25, 0.3) is 11.2 Å². The number of nitrogens with zero attached hydrogens (tertiary/aromatic N) is 5. The van der Waals surface area contributed by atoms with Crippen LogP contribution in [0.4, 0.5) is 9.18 Å². The van der Waals surface area contributed by atoms with Gasteiger partial charge in [-0.25, -0.2) is 14.2 Å². The topological polar surface area (TPSA) is 73.1 Å². The van der Waals surface area contributed by atoms with E-state index in [4.69, 9.17) is 16.3 Å². The van der Waals surface area contributed by atoms with E-state index in [1.54, 1.807) is 37.7 Å². The van der Waals surface area contributed by atoms with Crippen molar-refractivity contribution in [3.63, 3.8) is 0 Å². The number of fused-ring (bicyclic) bond motifs is 1. The number of carbonyl (C=O) groups excluding carboxylic acids is 1. The fourth-order valence-corrected chi connectivity index (χ4v) is 3.02. The SMILES string of the molecule is CC(C)(C)OC(=O)N1CCC(Cn2cnc3cc(Cl)nnc32)[C@H](F)C1. The smallest absolute Gasteiger partial charge is 0.410 e. The van der Waals surface area contributed by atoms with Crippen LogP contribution in [0.1, 0.15) is 27.2 Å². The Kier molecular flexibility index (Phi) is 4.81. The molecule has 2 atom stereocenters. The van der Waals surface area contributed by atoms with Crippen LogP contribution in [-0.4, -0.2) is 55.6 Å². The molecular weight excluding hydrogens is 349 g/mol. The van der Waals surface area contributed by atoms with Crippen molar-refractivity contribution in [2.24, 2.45) is 5.92 Å². The van der Waals surface area contributed by atoms with Crippen LogP contribution in [0, 0.1) is 5.92 Å². The maximum atomic E-state index is 14.6. The van der Waals surface area contributed by atoms with Gasteiger partial charge < -0.3 is 14.2 Å². The molecule has 9 heteroatoms. The highest BCUT2D eigenvalue weighted by Gasteiger charge is 2.34. The van der Waals surface area contributed by atoms with Crippen LogP contribution >= 0.6 is 11.6 Å². The van der Waals surface area contributed by atoms with E-state index in [0.29, 0.717) is 30.7 Å². The van der Waals surface area contributed by atoms with E-state index in [2.05, 4.69) is 15.2 Å². The summed E-state index contributed by atoms with van der Waals surface area (Å²) < 4.78 is 21.7. The average molecular weight is 370 g/mol. The number of aromatic nitrogens is 4. The minimum absolute atomic E-state index is 0.0315. The van der Waals surface area contributed by atoms with Crippen molar-refractivity contribution in [3.8, 4) is 0 Å². The van der Waals surface area contributed by atoms with Crippen molar-refractivity contribution in [1.29, 1.82) is 0 Å². The first kappa shape index (κ1) is 17.8. The largest absolute Gasteiger partial charge is 0.444 e. The number of carbonyl (C=O) groups is 1. The Morgan fingerprint density at radius 1 is 1.44 bits per heavy atom. The van der Waals surface area contributed by atoms with Gasteiger partial charge in [-0.1, -0.05) is 11.6 Å². The number of halogens is 2. The summed E-state index contributed by atoms with van der Waals surface area (Å²) in [5, 5.41) is 8.11. The van der Waals surface area contributed by atoms with Crippen molar-refractivity contribution in [1.82, 2.24) is 24.6 Å². The van der Waals surface area contributed by atoms with Crippen LogP contribution in [0.2, 0.25) is 5.15 Å². The maximum absolute atomic E-state index is 14.6. The molecule has 0 N–H and O–H groups in total. The zero-order chi connectivity index (χ0) is 18.2. The summed E-state index contributed by atoms with van der Waals surface area (Å²) in [5.41, 5.74) is 0.614. The second kappa shape index (κ2) is 6.74. The van der Waals surface area contributed by atoms with Gasteiger partial charge in [0.1, 0.15) is 17.3 Å². The lowest BCUT2D eigenvalue weighted by molar-refractivity contribution is 0.00393. The molecule has 1 amide bonds. The van der Waals surface area contributed by atoms with Gasteiger partial charge in [0, 0.05) is 25.1 Å². The van der Waals surface area contributed by atoms with Gasteiger partial charge in [0.25, 0.3) is 0 Å². The zero-order valence-electron chi connectivity index (χ0n) is 14.4. The molecule has 1 aliphatic rings. The molecule has 136 valence electrons. The molecule has 1 fully saturated rings. The van der Waals surface area contributed by atoms with Gasteiger partial charge in [0.05, 0.1) is 12.9 Å². The second-order valence-electron chi connectivity index (χ2n) is 7.26. The normalized spacial score (nSPS) is 21.6. The summed E-state index contributed by atoms with van der Waals surface area (Å²) in [5.74, 6) is -0.228. The lowest BCUT2D eigenvalue weighted by atomic mass is 9.95. The van der Waals surface area contributed by atoms with Crippen LogP contribution < -0.4 is 0 Å². The third-order valence-electron chi connectivity index (χ3n) is 4.09. The first-order valence-corrected chi connectivity index (χ1v) is 8.57. The molecule has 0 aliphatic carbocycles. The van der Waals surface area contributed by atoms with E-state index in [-0.39, 0.29) is 17.6 Å². The van der Waals surface area contributed by atoms with E-state index in [9.17, 15) is 9.18 Å². The van der Waals surface area contributed by atoms with Crippen molar-refractivity contribution in [3.05, 3.63) is 17.5 Å². The molecule has 1 unspecified atom stereocenters. The van der Waals surface area contributed by atoms with Gasteiger partial charge in [-0.3, -0.25) is 0 Å². The van der Waals surface area contributed by atoms with Crippen molar-refractivity contribution in [2.75, 3.05) is 13.1 Å². The Morgan fingerprint density at radius 3 is 2.88 bits per heavy atom. The molecule has 0 radical (unpaired) electrons. The Labute approximate surface area is 150 Å². The highest BCUT2D eigenvalue weighted by atomic mass is 35.5. The average Bonchev–Trinajstić information content (AvgIpc) is 2.89. The van der Waals surface area contributed by atoms with Crippen LogP contribution in [-0.2, 0) is 11.3 Å². The van der Waals surface area contributed by atoms with E-state index in [1.807, 2.05) is 0 Å². The molecule has 25 heavy (non-hydrogen) atoms. The standard InChI is InChI=1S/C16H21ClFN5O2/c1-16(2,3)25-15(24)22-5-4-10(11(18)8-22)7-23-9-19-12-6-13(17)20-21-14(12)23/h6,9-11H,4-5,7-8H2,1-3H3/t10?,11-/m1/s1. The molecule has 0 saturated carbocycles. The van der Waals surface area contributed by atoms with Crippen LogP contribution in [0.3, 0.4) is 0 Å². The molecule has 0 bridgehead atoms. The monoisotopic (exact) mass is 369 g/mol. The molecule has 0 spiro atoms. The Morgan fingerprint density at radius 2 is 2.20 bits per heavy atom. The number of rotatable bonds is 2. The lowest BCUT2D eigenvalue weighted by Crippen LogP contribution is -2.47. The van der Waals surface area contributed by atoms with Gasteiger partial charge in [0.2, 0.25) is 0 Å². The number of hydrogen-bond donors (Lipinski definition) is 0. The minimum Gasteiger partial charge on any atom is -0.444 e. The Balaban J connectivity index is 1.64. The zero-order valence-corrected chi connectivity index (χ0v) is 15.2. The van der Waals surface area contributed by atoms with Crippen molar-refractivity contribution in [2.45, 2.75) is 45.5 Å². The Hall–Kier alpha value is -1.96. The maximum Gasteiger partial charge on any atom is 0.410 e. The molecular formula is C16H21ClFN5O2. The van der Waals surface area contributed by atoms with Crippen molar-refractivity contribution < 1.29 is 13.9 Å².